The van der Waals surface area contributed by atoms with Crippen molar-refractivity contribution in [3.8, 4) is 5.75 Å². The average Bonchev–Trinajstić information content (AvgIpc) is 2.93. The van der Waals surface area contributed by atoms with E-state index >= 15 is 0 Å². The molecule has 0 bridgehead atoms. The third kappa shape index (κ3) is 5.80. The third-order valence-corrected chi connectivity index (χ3v) is 11.5. The molecule has 0 aliphatic heterocycles. The Bertz CT molecular complexity index is 1060. The van der Waals surface area contributed by atoms with Crippen LogP contribution in [0.4, 0.5) is 0 Å². The molecule has 0 unspecified atom stereocenters. The van der Waals surface area contributed by atoms with Crippen LogP contribution >= 0.6 is 7.26 Å². The van der Waals surface area contributed by atoms with Crippen LogP contribution in [0.2, 0.25) is 0 Å². The first-order valence-electron chi connectivity index (χ1n) is 12.6. The molecule has 4 aromatic carbocycles. The Kier molecular flexibility index (Phi) is 9.02. The third-order valence-electron chi connectivity index (χ3n) is 7.17. The topological polar surface area (TPSA) is 9.23 Å². The van der Waals surface area contributed by atoms with Gasteiger partial charge in [-0.2, -0.15) is 0 Å². The molecule has 0 aromatic heterocycles. The van der Waals surface area contributed by atoms with Crippen LogP contribution in [0.5, 0.6) is 5.75 Å². The lowest BCUT2D eigenvalue weighted by molar-refractivity contribution is -0.00000706. The summed E-state index contributed by atoms with van der Waals surface area (Å²) in [5, 5.41) is 4.23. The van der Waals surface area contributed by atoms with Gasteiger partial charge in [-0.25, -0.2) is 0 Å². The van der Waals surface area contributed by atoms with E-state index in [-0.39, 0.29) is 12.4 Å². The highest BCUT2D eigenvalue weighted by Crippen LogP contribution is 2.59. The lowest BCUT2D eigenvalue weighted by Crippen LogP contribution is -3.00. The normalized spacial score (nSPS) is 14.2. The second kappa shape index (κ2) is 12.4. The molecule has 35 heavy (non-hydrogen) atoms. The van der Waals surface area contributed by atoms with Gasteiger partial charge >= 0.3 is 0 Å². The Morgan fingerprint density at radius 3 is 1.54 bits per heavy atom. The van der Waals surface area contributed by atoms with Gasteiger partial charge in [0.2, 0.25) is 0 Å². The Morgan fingerprint density at radius 2 is 1.03 bits per heavy atom. The summed E-state index contributed by atoms with van der Waals surface area (Å²) in [5.41, 5.74) is 1.31. The largest absolute Gasteiger partial charge is 1.00 e. The van der Waals surface area contributed by atoms with Crippen molar-refractivity contribution in [1.29, 1.82) is 0 Å². The molecule has 1 fully saturated rings. The summed E-state index contributed by atoms with van der Waals surface area (Å²) in [6.07, 6.45) is 7.63. The van der Waals surface area contributed by atoms with E-state index in [1.165, 1.54) is 53.6 Å². The quantitative estimate of drug-likeness (QED) is 0.330. The van der Waals surface area contributed by atoms with E-state index in [1.54, 1.807) is 0 Å². The minimum absolute atomic E-state index is 0. The molecule has 0 radical (unpaired) electrons. The van der Waals surface area contributed by atoms with Crippen molar-refractivity contribution in [1.82, 2.24) is 0 Å². The number of ether oxygens (including phenoxy) is 1. The van der Waals surface area contributed by atoms with E-state index in [1.807, 2.05) is 0 Å². The van der Waals surface area contributed by atoms with Crippen LogP contribution in [0.1, 0.15) is 37.7 Å². The summed E-state index contributed by atoms with van der Waals surface area (Å²) in [5.74, 6) is 1.75. The number of hydrogen-bond donors (Lipinski definition) is 0. The predicted octanol–water partition coefficient (Wildman–Crippen LogP) is 4.14. The summed E-state index contributed by atoms with van der Waals surface area (Å²) in [6, 6.07) is 42.1. The van der Waals surface area contributed by atoms with Crippen molar-refractivity contribution in [3.05, 3.63) is 121 Å². The van der Waals surface area contributed by atoms with Crippen molar-refractivity contribution in [2.24, 2.45) is 5.92 Å². The smallest absolute Gasteiger partial charge is 0.126 e. The van der Waals surface area contributed by atoms with Gasteiger partial charge in [-0.1, -0.05) is 92.1 Å². The van der Waals surface area contributed by atoms with Gasteiger partial charge in [0.25, 0.3) is 0 Å². The fourth-order valence-corrected chi connectivity index (χ4v) is 9.62. The van der Waals surface area contributed by atoms with E-state index in [2.05, 4.69) is 115 Å². The fourth-order valence-electron chi connectivity index (χ4n) is 5.36. The van der Waals surface area contributed by atoms with Crippen LogP contribution < -0.4 is 33.1 Å². The zero-order chi connectivity index (χ0) is 23.1. The molecule has 1 saturated carbocycles. The zero-order valence-corrected chi connectivity index (χ0v) is 21.9. The predicted molar refractivity (Wildman–Crippen MR) is 147 cm³/mol. The maximum atomic E-state index is 6.55. The van der Waals surface area contributed by atoms with E-state index in [0.717, 1.165) is 18.5 Å². The van der Waals surface area contributed by atoms with Crippen molar-refractivity contribution in [2.45, 2.75) is 38.3 Å². The Balaban J connectivity index is 0.00000289. The lowest BCUT2D eigenvalue weighted by atomic mass is 9.90. The fraction of sp³-hybridized carbons (Fsp3) is 0.250. The molecule has 0 atom stereocenters. The van der Waals surface area contributed by atoms with Gasteiger partial charge in [0.15, 0.2) is 0 Å². The highest BCUT2D eigenvalue weighted by atomic mass is 35.5. The molecule has 3 heteroatoms. The second-order valence-corrected chi connectivity index (χ2v) is 12.9. The van der Waals surface area contributed by atoms with Gasteiger partial charge < -0.3 is 17.1 Å². The Labute approximate surface area is 217 Å². The molecule has 0 amide bonds. The van der Waals surface area contributed by atoms with Crippen LogP contribution in [0.3, 0.4) is 0 Å². The standard InChI is InChI=1S/C32H34OP.ClH/c1-5-15-27(16-6-1)25-33-32-24-14-13-17-28(32)26-34(29-18-7-2-8-19-29,30-20-9-3-10-21-30)31-22-11-4-12-23-31;/h2-4,7-14,17-24,27H,1,5-6,15-16,25-26H2;1H/q+1;/p-1. The van der Waals surface area contributed by atoms with Crippen LogP contribution in [-0.2, 0) is 6.16 Å². The van der Waals surface area contributed by atoms with Crippen LogP contribution in [0.15, 0.2) is 115 Å². The molecular formula is C32H34ClOP. The molecular weight excluding hydrogens is 467 g/mol. The van der Waals surface area contributed by atoms with E-state index in [9.17, 15) is 0 Å². The number of hydrogen-bond acceptors (Lipinski definition) is 1. The van der Waals surface area contributed by atoms with Crippen LogP contribution in [0, 0.1) is 5.92 Å². The van der Waals surface area contributed by atoms with Gasteiger partial charge in [-0.05, 0) is 61.2 Å². The Morgan fingerprint density at radius 1 is 0.571 bits per heavy atom. The zero-order valence-electron chi connectivity index (χ0n) is 20.2. The maximum Gasteiger partial charge on any atom is 0.126 e. The van der Waals surface area contributed by atoms with Gasteiger partial charge in [0, 0.05) is 5.56 Å². The summed E-state index contributed by atoms with van der Waals surface area (Å²) >= 11 is 0. The molecule has 0 spiro atoms. The number of benzene rings is 4. The molecule has 4 aromatic rings. The first-order chi connectivity index (χ1) is 16.9. The van der Waals surface area contributed by atoms with Gasteiger partial charge in [-0.15, -0.1) is 0 Å². The molecule has 1 aliphatic carbocycles. The van der Waals surface area contributed by atoms with Crippen molar-refractivity contribution >= 4 is 23.2 Å². The summed E-state index contributed by atoms with van der Waals surface area (Å²) in [4.78, 5) is 0. The van der Waals surface area contributed by atoms with Gasteiger partial charge in [0.1, 0.15) is 35.1 Å². The summed E-state index contributed by atoms with van der Waals surface area (Å²) in [7, 11) is -1.94. The monoisotopic (exact) mass is 500 g/mol. The van der Waals surface area contributed by atoms with Crippen molar-refractivity contribution in [2.75, 3.05) is 6.61 Å². The number of para-hydroxylation sites is 1. The lowest BCUT2D eigenvalue weighted by Gasteiger charge is -2.29. The van der Waals surface area contributed by atoms with E-state index in [0.29, 0.717) is 5.92 Å². The molecule has 0 heterocycles. The molecule has 5 rings (SSSR count). The second-order valence-electron chi connectivity index (χ2n) is 9.40. The summed E-state index contributed by atoms with van der Waals surface area (Å²) in [6.45, 7) is 0.838. The molecule has 0 saturated heterocycles. The van der Waals surface area contributed by atoms with Crippen LogP contribution in [-0.4, -0.2) is 6.61 Å². The molecule has 1 aliphatic rings. The van der Waals surface area contributed by atoms with Gasteiger partial charge in [0.05, 0.1) is 6.61 Å². The van der Waals surface area contributed by atoms with E-state index < -0.39 is 7.26 Å². The summed E-state index contributed by atoms with van der Waals surface area (Å²) < 4.78 is 6.55. The van der Waals surface area contributed by atoms with Gasteiger partial charge in [-0.3, -0.25) is 0 Å². The van der Waals surface area contributed by atoms with Crippen molar-refractivity contribution in [3.63, 3.8) is 0 Å². The highest BCUT2D eigenvalue weighted by molar-refractivity contribution is 7.95. The minimum atomic E-state index is -1.94. The first kappa shape index (κ1) is 25.5. The maximum absolute atomic E-state index is 6.55. The molecule has 1 nitrogen and oxygen atoms in total. The first-order valence-corrected chi connectivity index (χ1v) is 14.6. The van der Waals surface area contributed by atoms with Crippen molar-refractivity contribution < 1.29 is 17.1 Å². The van der Waals surface area contributed by atoms with Crippen LogP contribution in [0.25, 0.3) is 0 Å². The Hall–Kier alpha value is -2.60. The van der Waals surface area contributed by atoms with E-state index in [4.69, 9.17) is 4.74 Å². The number of rotatable bonds is 8. The average molecular weight is 501 g/mol. The minimum Gasteiger partial charge on any atom is -1.00 e. The highest BCUT2D eigenvalue weighted by Gasteiger charge is 2.45. The SMILES string of the molecule is [Cl-].c1ccc([P+](Cc2ccccc2OCC2CCCCC2)(c2ccccc2)c2ccccc2)cc1. The molecule has 180 valence electrons. The number of halogens is 1. The molecule has 0 N–H and O–H groups in total.